The highest BCUT2D eigenvalue weighted by Crippen LogP contribution is 2.36. The fraction of sp³-hybridized carbons (Fsp3) is 0.364. The Morgan fingerprint density at radius 1 is 0.893 bits per heavy atom. The Balaban J connectivity index is 1.57. The van der Waals surface area contributed by atoms with Gasteiger partial charge in [0.2, 0.25) is 11.8 Å². The molecule has 0 aromatic heterocycles. The molecule has 0 saturated carbocycles. The van der Waals surface area contributed by atoms with Crippen LogP contribution in [-0.4, -0.2) is 48.5 Å². The maximum atomic E-state index is 13.2. The highest BCUT2D eigenvalue weighted by atomic mass is 16.2. The van der Waals surface area contributed by atoms with Gasteiger partial charge in [0, 0.05) is 28.0 Å². The van der Waals surface area contributed by atoms with Crippen molar-refractivity contribution < 1.29 is 11.0 Å². The Bertz CT molecular complexity index is 821. The van der Waals surface area contributed by atoms with Gasteiger partial charge in [-0.25, -0.2) is 20.0 Å². The summed E-state index contributed by atoms with van der Waals surface area (Å²) in [6.45, 7) is 1.28. The number of hydrogen-bond donors (Lipinski definition) is 0. The van der Waals surface area contributed by atoms with Crippen LogP contribution in [0.15, 0.2) is 60.7 Å². The van der Waals surface area contributed by atoms with Gasteiger partial charge < -0.3 is 0 Å². The molecule has 146 valence electrons. The van der Waals surface area contributed by atoms with E-state index < -0.39 is 12.4 Å². The topological polar surface area (TPSA) is 47.1 Å². The van der Waals surface area contributed by atoms with Gasteiger partial charge in [0.25, 0.3) is 0 Å². The van der Waals surface area contributed by atoms with E-state index in [0.29, 0.717) is 6.42 Å². The second kappa shape index (κ2) is 7.37. The minimum atomic E-state index is -0.723. The molecule has 4 rings (SSSR count). The Kier molecular flexibility index (Phi) is 4.58. The summed E-state index contributed by atoms with van der Waals surface area (Å²) in [6, 6.07) is 18.8. The number of carbonyl (C=O) groups is 2. The Hall–Kier alpha value is -2.70. The zero-order valence-electron chi connectivity index (χ0n) is 17.4. The monoisotopic (exact) mass is 379 g/mol. The first-order valence-corrected chi connectivity index (χ1v) is 9.57. The molecule has 2 heterocycles. The first-order chi connectivity index (χ1) is 13.9. The zero-order chi connectivity index (χ0) is 20.7. The van der Waals surface area contributed by atoms with Crippen molar-refractivity contribution in [3.63, 3.8) is 0 Å². The van der Waals surface area contributed by atoms with Crippen molar-refractivity contribution in [1.29, 1.82) is 0 Å². The molecule has 6 nitrogen and oxygen atoms in total. The van der Waals surface area contributed by atoms with Gasteiger partial charge in [-0.2, -0.15) is 0 Å². The van der Waals surface area contributed by atoms with E-state index >= 15 is 0 Å². The maximum Gasteiger partial charge on any atom is 0.246 e. The number of hydrazine groups is 2. The first kappa shape index (κ1) is 17.4. The molecule has 0 spiro atoms. The number of nitrogens with zero attached hydrogens (tertiary/aromatic N) is 4. The average Bonchev–Trinajstić information content (AvgIpc) is 3.08. The number of anilines is 2. The summed E-state index contributed by atoms with van der Waals surface area (Å²) in [5, 5.41) is 6.84. The summed E-state index contributed by atoms with van der Waals surface area (Å²) >= 11 is 0. The van der Waals surface area contributed by atoms with Crippen molar-refractivity contribution in [1.82, 2.24) is 10.0 Å². The Morgan fingerprint density at radius 3 is 2.00 bits per heavy atom. The van der Waals surface area contributed by atoms with E-state index in [1.54, 1.807) is 22.1 Å². The lowest BCUT2D eigenvalue weighted by molar-refractivity contribution is -0.123. The van der Waals surface area contributed by atoms with Gasteiger partial charge in [0.05, 0.1) is 23.2 Å². The van der Waals surface area contributed by atoms with E-state index in [9.17, 15) is 9.59 Å². The molecular formula is C22H26N4O2. The van der Waals surface area contributed by atoms with Crippen LogP contribution in [0.5, 0.6) is 0 Å². The molecule has 2 amide bonds. The minimum absolute atomic E-state index is 0.0213. The fourth-order valence-electron chi connectivity index (χ4n) is 4.15. The third kappa shape index (κ3) is 3.08. The molecule has 0 N–H and O–H groups in total. The second-order valence-corrected chi connectivity index (χ2v) is 7.46. The lowest BCUT2D eigenvalue weighted by Gasteiger charge is -2.26. The summed E-state index contributed by atoms with van der Waals surface area (Å²) in [4.78, 5) is 26.4. The number of hydrogen-bond acceptors (Lipinski definition) is 4. The second-order valence-electron chi connectivity index (χ2n) is 7.46. The van der Waals surface area contributed by atoms with E-state index in [0.717, 1.165) is 11.4 Å². The van der Waals surface area contributed by atoms with Gasteiger partial charge in [-0.1, -0.05) is 36.4 Å². The molecule has 2 aromatic rings. The summed E-state index contributed by atoms with van der Waals surface area (Å²) < 4.78 is 8.59. The first-order valence-electron chi connectivity index (χ1n) is 10.2. The van der Waals surface area contributed by atoms with Gasteiger partial charge in [-0.3, -0.25) is 9.59 Å². The molecule has 4 atom stereocenters. The van der Waals surface area contributed by atoms with Gasteiger partial charge in [0.1, 0.15) is 0 Å². The van der Waals surface area contributed by atoms with Crippen molar-refractivity contribution >= 4 is 23.2 Å². The fourth-order valence-corrected chi connectivity index (χ4v) is 4.15. The van der Waals surface area contributed by atoms with Gasteiger partial charge in [-0.05, 0) is 37.6 Å². The number of para-hydroxylation sites is 2. The summed E-state index contributed by atoms with van der Waals surface area (Å²) in [7, 11) is 3.65. The zero-order valence-corrected chi connectivity index (χ0v) is 16.4. The van der Waals surface area contributed by atoms with Gasteiger partial charge in [0.15, 0.2) is 0 Å². The van der Waals surface area contributed by atoms with E-state index in [-0.39, 0.29) is 23.8 Å². The van der Waals surface area contributed by atoms with Crippen LogP contribution in [0.4, 0.5) is 11.4 Å². The van der Waals surface area contributed by atoms with Crippen molar-refractivity contribution in [3.8, 4) is 0 Å². The molecule has 2 saturated heterocycles. The molecule has 2 fully saturated rings. The molecule has 4 unspecified atom stereocenters. The van der Waals surface area contributed by atoms with Crippen molar-refractivity contribution in [3.05, 3.63) is 60.7 Å². The molecule has 2 aromatic carbocycles. The van der Waals surface area contributed by atoms with Gasteiger partial charge >= 0.3 is 0 Å². The van der Waals surface area contributed by atoms with Crippen LogP contribution in [0.3, 0.4) is 0 Å². The number of carbonyl (C=O) groups excluding carboxylic acids is 2. The average molecular weight is 379 g/mol. The summed E-state index contributed by atoms with van der Waals surface area (Å²) in [6.07, 6.45) is 0.356. The molecule has 0 aliphatic carbocycles. The molecule has 0 bridgehead atoms. The van der Waals surface area contributed by atoms with Crippen LogP contribution >= 0.6 is 0 Å². The lowest BCUT2D eigenvalue weighted by atomic mass is 9.89. The molecule has 0 radical (unpaired) electrons. The predicted octanol–water partition coefficient (Wildman–Crippen LogP) is 2.78. The Morgan fingerprint density at radius 2 is 1.43 bits per heavy atom. The third-order valence-electron chi connectivity index (χ3n) is 5.76. The van der Waals surface area contributed by atoms with E-state index in [4.69, 9.17) is 1.37 Å². The largest absolute Gasteiger partial charge is 0.273 e. The SMILES string of the molecule is [2H]C1C(CC2C(=O)N(c3ccccc3)N(C)C2C)C(=O)N(c2ccccc2)N1C. The number of rotatable bonds is 4. The van der Waals surface area contributed by atoms with Crippen molar-refractivity contribution in [2.24, 2.45) is 11.8 Å². The quantitative estimate of drug-likeness (QED) is 0.820. The van der Waals surface area contributed by atoms with Crippen LogP contribution < -0.4 is 10.0 Å². The molecule has 2 aliphatic heterocycles. The molecule has 6 heteroatoms. The third-order valence-corrected chi connectivity index (χ3v) is 5.76. The van der Waals surface area contributed by atoms with Crippen LogP contribution in [0, 0.1) is 11.8 Å². The van der Waals surface area contributed by atoms with Crippen LogP contribution in [-0.2, 0) is 9.59 Å². The van der Waals surface area contributed by atoms with Crippen LogP contribution in [0.1, 0.15) is 14.7 Å². The van der Waals surface area contributed by atoms with E-state index in [2.05, 4.69) is 0 Å². The van der Waals surface area contributed by atoms with Crippen molar-refractivity contribution in [2.45, 2.75) is 19.4 Å². The lowest BCUT2D eigenvalue weighted by Crippen LogP contribution is -2.38. The number of benzene rings is 2. The summed E-state index contributed by atoms with van der Waals surface area (Å²) in [5.41, 5.74) is 1.56. The highest BCUT2D eigenvalue weighted by molar-refractivity contribution is 5.99. The summed E-state index contributed by atoms with van der Waals surface area (Å²) in [5.74, 6) is -1.04. The van der Waals surface area contributed by atoms with E-state index in [1.165, 1.54) is 0 Å². The molecule has 2 aliphatic rings. The minimum Gasteiger partial charge on any atom is -0.273 e. The predicted molar refractivity (Wildman–Crippen MR) is 109 cm³/mol. The molecule has 28 heavy (non-hydrogen) atoms. The number of amides is 2. The highest BCUT2D eigenvalue weighted by Gasteiger charge is 2.47. The van der Waals surface area contributed by atoms with Gasteiger partial charge in [-0.15, -0.1) is 0 Å². The van der Waals surface area contributed by atoms with Crippen LogP contribution in [0.2, 0.25) is 0 Å². The van der Waals surface area contributed by atoms with Crippen LogP contribution in [0.25, 0.3) is 0 Å². The standard InChI is InChI=1S/C22H26N4O2/c1-16-20(22(28)26(24(16)3)19-12-8-5-9-13-19)14-17-15-23(2)25(21(17)27)18-10-6-4-7-11-18/h4-13,16-17,20H,14-15H2,1-3H3/i15D. The maximum absolute atomic E-state index is 13.2. The molecular weight excluding hydrogens is 352 g/mol. The Labute approximate surface area is 167 Å². The normalized spacial score (nSPS) is 29.6. The van der Waals surface area contributed by atoms with E-state index in [1.807, 2.05) is 79.6 Å². The van der Waals surface area contributed by atoms with Crippen molar-refractivity contribution in [2.75, 3.05) is 30.6 Å². The smallest absolute Gasteiger partial charge is 0.246 e.